The van der Waals surface area contributed by atoms with Crippen LogP contribution in [0.1, 0.15) is 19.8 Å². The summed E-state index contributed by atoms with van der Waals surface area (Å²) in [6, 6.07) is 13.6. The lowest BCUT2D eigenvalue weighted by atomic mass is 10.3. The Morgan fingerprint density at radius 1 is 0.870 bits per heavy atom. The van der Waals surface area contributed by atoms with Crippen LogP contribution >= 0.6 is 23.2 Å². The van der Waals surface area contributed by atoms with E-state index in [0.717, 1.165) is 49.7 Å². The summed E-state index contributed by atoms with van der Waals surface area (Å²) in [5.74, 6) is 0.915. The summed E-state index contributed by atoms with van der Waals surface area (Å²) in [5, 5.41) is 7.78. The fourth-order valence-electron chi connectivity index (χ4n) is 2.02. The Kier molecular flexibility index (Phi) is 7.37. The van der Waals surface area contributed by atoms with Crippen LogP contribution in [-0.2, 0) is 0 Å². The van der Waals surface area contributed by atoms with E-state index in [4.69, 9.17) is 27.9 Å². The second-order valence-corrected chi connectivity index (χ2v) is 6.02. The number of hydrogen-bond donors (Lipinski definition) is 2. The highest BCUT2D eigenvalue weighted by Crippen LogP contribution is 2.24. The van der Waals surface area contributed by atoms with Crippen molar-refractivity contribution in [2.24, 2.45) is 0 Å². The molecule has 0 aromatic heterocycles. The van der Waals surface area contributed by atoms with Crippen molar-refractivity contribution in [3.8, 4) is 5.75 Å². The zero-order valence-corrected chi connectivity index (χ0v) is 14.8. The highest BCUT2D eigenvalue weighted by atomic mass is 35.5. The summed E-state index contributed by atoms with van der Waals surface area (Å²) in [4.78, 5) is 0. The molecule has 2 aromatic rings. The van der Waals surface area contributed by atoms with Crippen LogP contribution in [0.3, 0.4) is 0 Å². The normalized spacial score (nSPS) is 10.4. The standard InChI is InChI=1S/C18H22Cl2N2O/c1-2-3-12-23-16-7-4-14(5-8-16)21-10-11-22-15-6-9-17(19)18(20)13-15/h4-9,13,21-22H,2-3,10-12H2,1H3. The molecule has 0 aliphatic heterocycles. The largest absolute Gasteiger partial charge is 0.494 e. The lowest BCUT2D eigenvalue weighted by Crippen LogP contribution is -2.13. The van der Waals surface area contributed by atoms with Crippen molar-refractivity contribution in [1.82, 2.24) is 0 Å². The van der Waals surface area contributed by atoms with Crippen LogP contribution in [0.2, 0.25) is 10.0 Å². The number of anilines is 2. The van der Waals surface area contributed by atoms with Crippen molar-refractivity contribution in [2.45, 2.75) is 19.8 Å². The first-order valence-electron chi connectivity index (χ1n) is 7.84. The highest BCUT2D eigenvalue weighted by molar-refractivity contribution is 6.42. The van der Waals surface area contributed by atoms with Crippen LogP contribution in [-0.4, -0.2) is 19.7 Å². The van der Waals surface area contributed by atoms with Crippen molar-refractivity contribution in [3.05, 3.63) is 52.5 Å². The minimum Gasteiger partial charge on any atom is -0.494 e. The molecule has 23 heavy (non-hydrogen) atoms. The number of halogens is 2. The van der Waals surface area contributed by atoms with Gasteiger partial charge in [-0.1, -0.05) is 36.5 Å². The molecule has 0 heterocycles. The summed E-state index contributed by atoms with van der Waals surface area (Å²) in [7, 11) is 0. The third-order valence-corrected chi connectivity index (χ3v) is 4.06. The zero-order chi connectivity index (χ0) is 16.5. The third-order valence-electron chi connectivity index (χ3n) is 3.32. The molecule has 0 bridgehead atoms. The molecule has 0 atom stereocenters. The van der Waals surface area contributed by atoms with E-state index in [1.165, 1.54) is 0 Å². The number of nitrogens with one attached hydrogen (secondary N) is 2. The fourth-order valence-corrected chi connectivity index (χ4v) is 2.32. The molecule has 3 nitrogen and oxygen atoms in total. The molecule has 2 N–H and O–H groups in total. The molecule has 0 spiro atoms. The molecule has 2 rings (SSSR count). The third kappa shape index (κ3) is 6.20. The van der Waals surface area contributed by atoms with Gasteiger partial charge in [-0.15, -0.1) is 0 Å². The molecule has 0 radical (unpaired) electrons. The Balaban J connectivity index is 1.70. The van der Waals surface area contributed by atoms with Crippen molar-refractivity contribution in [1.29, 1.82) is 0 Å². The summed E-state index contributed by atoms with van der Waals surface area (Å²) in [5.41, 5.74) is 2.03. The number of ether oxygens (including phenoxy) is 1. The zero-order valence-electron chi connectivity index (χ0n) is 13.2. The van der Waals surface area contributed by atoms with Gasteiger partial charge >= 0.3 is 0 Å². The van der Waals surface area contributed by atoms with Gasteiger partial charge in [0.2, 0.25) is 0 Å². The van der Waals surface area contributed by atoms with Crippen LogP contribution in [0.25, 0.3) is 0 Å². The van der Waals surface area contributed by atoms with Gasteiger partial charge < -0.3 is 15.4 Å². The van der Waals surface area contributed by atoms with Gasteiger partial charge in [-0.2, -0.15) is 0 Å². The molecule has 0 saturated carbocycles. The van der Waals surface area contributed by atoms with Crippen molar-refractivity contribution in [2.75, 3.05) is 30.3 Å². The summed E-state index contributed by atoms with van der Waals surface area (Å²) >= 11 is 11.9. The smallest absolute Gasteiger partial charge is 0.119 e. The van der Waals surface area contributed by atoms with E-state index in [1.807, 2.05) is 36.4 Å². The molecular formula is C18H22Cl2N2O. The van der Waals surface area contributed by atoms with Gasteiger partial charge in [0.25, 0.3) is 0 Å². The fraction of sp³-hybridized carbons (Fsp3) is 0.333. The van der Waals surface area contributed by atoms with Crippen LogP contribution in [0.15, 0.2) is 42.5 Å². The first kappa shape index (κ1) is 17.8. The molecule has 0 unspecified atom stereocenters. The van der Waals surface area contributed by atoms with Crippen molar-refractivity contribution in [3.63, 3.8) is 0 Å². The van der Waals surface area contributed by atoms with E-state index >= 15 is 0 Å². The van der Waals surface area contributed by atoms with Crippen LogP contribution in [0, 0.1) is 0 Å². The number of rotatable bonds is 9. The quantitative estimate of drug-likeness (QED) is 0.568. The lowest BCUT2D eigenvalue weighted by Gasteiger charge is -2.10. The second-order valence-electron chi connectivity index (χ2n) is 5.21. The Morgan fingerprint density at radius 2 is 1.52 bits per heavy atom. The van der Waals surface area contributed by atoms with Gasteiger partial charge in [0.15, 0.2) is 0 Å². The SMILES string of the molecule is CCCCOc1ccc(NCCNc2ccc(Cl)c(Cl)c2)cc1. The Bertz CT molecular complexity index is 602. The summed E-state index contributed by atoms with van der Waals surface area (Å²) in [6.07, 6.45) is 2.23. The maximum absolute atomic E-state index is 5.98. The molecule has 0 amide bonds. The van der Waals surface area contributed by atoms with Crippen LogP contribution in [0.4, 0.5) is 11.4 Å². The van der Waals surface area contributed by atoms with Crippen LogP contribution in [0.5, 0.6) is 5.75 Å². The van der Waals surface area contributed by atoms with E-state index in [1.54, 1.807) is 6.07 Å². The number of benzene rings is 2. The molecule has 0 fully saturated rings. The Hall–Kier alpha value is -1.58. The van der Waals surface area contributed by atoms with Gasteiger partial charge in [-0.05, 0) is 48.9 Å². The van der Waals surface area contributed by atoms with E-state index in [9.17, 15) is 0 Å². The lowest BCUT2D eigenvalue weighted by molar-refractivity contribution is 0.309. The van der Waals surface area contributed by atoms with E-state index in [0.29, 0.717) is 10.0 Å². The van der Waals surface area contributed by atoms with Crippen molar-refractivity contribution < 1.29 is 4.74 Å². The monoisotopic (exact) mass is 352 g/mol. The van der Waals surface area contributed by atoms with Gasteiger partial charge in [0.05, 0.1) is 16.7 Å². The van der Waals surface area contributed by atoms with Gasteiger partial charge in [-0.3, -0.25) is 0 Å². The van der Waals surface area contributed by atoms with Crippen LogP contribution < -0.4 is 15.4 Å². The number of unbranched alkanes of at least 4 members (excludes halogenated alkanes) is 1. The molecule has 124 valence electrons. The highest BCUT2D eigenvalue weighted by Gasteiger charge is 1.99. The first-order valence-corrected chi connectivity index (χ1v) is 8.60. The van der Waals surface area contributed by atoms with Crippen molar-refractivity contribution >= 4 is 34.6 Å². The topological polar surface area (TPSA) is 33.3 Å². The maximum Gasteiger partial charge on any atom is 0.119 e. The second kappa shape index (κ2) is 9.53. The first-order chi connectivity index (χ1) is 11.2. The van der Waals surface area contributed by atoms with Gasteiger partial charge in [-0.25, -0.2) is 0 Å². The Morgan fingerprint density at radius 3 is 2.17 bits per heavy atom. The Labute approximate surface area is 147 Å². The van der Waals surface area contributed by atoms with E-state index in [-0.39, 0.29) is 0 Å². The van der Waals surface area contributed by atoms with Gasteiger partial charge in [0.1, 0.15) is 5.75 Å². The molecular weight excluding hydrogens is 331 g/mol. The molecule has 0 aliphatic carbocycles. The predicted octanol–water partition coefficient (Wildman–Crippen LogP) is 5.70. The average Bonchev–Trinajstić information content (AvgIpc) is 2.56. The number of hydrogen-bond acceptors (Lipinski definition) is 3. The maximum atomic E-state index is 5.98. The van der Waals surface area contributed by atoms with E-state index < -0.39 is 0 Å². The molecule has 0 aliphatic rings. The van der Waals surface area contributed by atoms with Gasteiger partial charge in [0, 0.05) is 24.5 Å². The summed E-state index contributed by atoms with van der Waals surface area (Å²) < 4.78 is 5.64. The predicted molar refractivity (Wildman–Crippen MR) is 100 cm³/mol. The molecule has 0 saturated heterocycles. The minimum atomic E-state index is 0.559. The minimum absolute atomic E-state index is 0.559. The van der Waals surface area contributed by atoms with E-state index in [2.05, 4.69) is 17.6 Å². The molecule has 5 heteroatoms. The average molecular weight is 353 g/mol. The summed E-state index contributed by atoms with van der Waals surface area (Å²) in [6.45, 7) is 4.52. The molecule has 2 aromatic carbocycles.